The number of hydrogen-bond donors (Lipinski definition) is 1. The number of anilines is 1. The lowest BCUT2D eigenvalue weighted by molar-refractivity contribution is 0.0124. The summed E-state index contributed by atoms with van der Waals surface area (Å²) in [4.78, 5) is 34.1. The highest BCUT2D eigenvalue weighted by Gasteiger charge is 2.34. The number of likely N-dealkylation sites (tertiary alicyclic amines) is 1. The summed E-state index contributed by atoms with van der Waals surface area (Å²) in [6.45, 7) is 4.16. The number of imidazole rings is 1. The highest BCUT2D eigenvalue weighted by atomic mass is 35.5. The summed E-state index contributed by atoms with van der Waals surface area (Å²) >= 11 is 6.24. The highest BCUT2D eigenvalue weighted by molar-refractivity contribution is 6.31. The maximum Gasteiger partial charge on any atom is 0.324 e. The van der Waals surface area contributed by atoms with Crippen molar-refractivity contribution in [1.82, 2.24) is 24.9 Å². The fourth-order valence-electron chi connectivity index (χ4n) is 4.20. The zero-order valence-corrected chi connectivity index (χ0v) is 17.3. The number of hydrogen-bond acceptors (Lipinski definition) is 5. The summed E-state index contributed by atoms with van der Waals surface area (Å²) in [6.07, 6.45) is 3.65. The molecule has 2 aromatic rings. The average molecular weight is 431 g/mol. The van der Waals surface area contributed by atoms with Crippen molar-refractivity contribution in [3.05, 3.63) is 40.9 Å². The number of carbonyl (C=O) groups is 2. The van der Waals surface area contributed by atoms with E-state index in [4.69, 9.17) is 16.3 Å². The van der Waals surface area contributed by atoms with E-state index in [-0.39, 0.29) is 18.5 Å². The molecule has 158 valence electrons. The van der Waals surface area contributed by atoms with Crippen molar-refractivity contribution in [1.29, 1.82) is 0 Å². The number of halogens is 1. The molecule has 9 nitrogen and oxygen atoms in total. The summed E-state index contributed by atoms with van der Waals surface area (Å²) < 4.78 is 7.20. The highest BCUT2D eigenvalue weighted by Crippen LogP contribution is 2.36. The number of nitrogens with zero attached hydrogens (tertiary/aromatic N) is 5. The Hall–Kier alpha value is -2.62. The van der Waals surface area contributed by atoms with E-state index in [9.17, 15) is 9.59 Å². The summed E-state index contributed by atoms with van der Waals surface area (Å²) in [5.41, 5.74) is 5.42. The molecule has 3 aliphatic heterocycles. The number of ether oxygens (including phenoxy) is 1. The Kier molecular flexibility index (Phi) is 5.10. The summed E-state index contributed by atoms with van der Waals surface area (Å²) in [5, 5.41) is 2.39. The van der Waals surface area contributed by atoms with E-state index in [1.165, 1.54) is 0 Å². The van der Waals surface area contributed by atoms with Crippen LogP contribution < -0.4 is 10.3 Å². The standard InChI is InChI=1S/C20H23ClN6O3/c21-14-3-4-15-16(11-14)26(20(29)24-5-1-2-6-24)12-17-18(22-13-27(15)17)19(28)23-25-7-9-30-10-8-25/h3-4,11,13H,1-2,5-10,12H2,(H,23,28). The van der Waals surface area contributed by atoms with E-state index >= 15 is 0 Å². The van der Waals surface area contributed by atoms with Crippen molar-refractivity contribution in [2.45, 2.75) is 19.4 Å². The van der Waals surface area contributed by atoms with Crippen LogP contribution in [0.3, 0.4) is 0 Å². The molecule has 1 N–H and O–H groups in total. The van der Waals surface area contributed by atoms with Crippen molar-refractivity contribution in [3.8, 4) is 5.69 Å². The number of amides is 3. The van der Waals surface area contributed by atoms with Crippen LogP contribution in [0.2, 0.25) is 5.02 Å². The zero-order valence-electron chi connectivity index (χ0n) is 16.5. The van der Waals surface area contributed by atoms with Crippen molar-refractivity contribution in [2.75, 3.05) is 44.3 Å². The Bertz CT molecular complexity index is 981. The van der Waals surface area contributed by atoms with E-state index in [0.717, 1.165) is 37.3 Å². The van der Waals surface area contributed by atoms with Gasteiger partial charge in [-0.05, 0) is 31.0 Å². The molecule has 0 bridgehead atoms. The zero-order chi connectivity index (χ0) is 20.7. The largest absolute Gasteiger partial charge is 0.379 e. The summed E-state index contributed by atoms with van der Waals surface area (Å²) in [6, 6.07) is 5.36. The van der Waals surface area contributed by atoms with Gasteiger partial charge in [0.25, 0.3) is 5.91 Å². The van der Waals surface area contributed by atoms with E-state index < -0.39 is 0 Å². The topological polar surface area (TPSA) is 82.9 Å². The van der Waals surface area contributed by atoms with Gasteiger partial charge in [-0.2, -0.15) is 0 Å². The number of morpholine rings is 1. The Morgan fingerprint density at radius 3 is 2.60 bits per heavy atom. The third-order valence-corrected chi connectivity index (χ3v) is 5.99. The molecule has 0 radical (unpaired) electrons. The van der Waals surface area contributed by atoms with Crippen LogP contribution in [0, 0.1) is 0 Å². The molecule has 4 heterocycles. The molecule has 10 heteroatoms. The van der Waals surface area contributed by atoms with E-state index in [1.807, 2.05) is 20.5 Å². The third kappa shape index (κ3) is 3.42. The van der Waals surface area contributed by atoms with Crippen LogP contribution in [0.1, 0.15) is 29.0 Å². The maximum atomic E-state index is 13.3. The van der Waals surface area contributed by atoms with Gasteiger partial charge in [-0.25, -0.2) is 14.8 Å². The van der Waals surface area contributed by atoms with Crippen molar-refractivity contribution in [2.24, 2.45) is 0 Å². The lowest BCUT2D eigenvalue weighted by Gasteiger charge is -2.34. The normalized spacial score (nSPS) is 18.8. The molecule has 3 amide bonds. The van der Waals surface area contributed by atoms with Crippen LogP contribution in [-0.4, -0.2) is 70.8 Å². The van der Waals surface area contributed by atoms with Gasteiger partial charge in [-0.1, -0.05) is 11.6 Å². The minimum atomic E-state index is -0.281. The molecular weight excluding hydrogens is 408 g/mol. The first kappa shape index (κ1) is 19.3. The van der Waals surface area contributed by atoms with Gasteiger partial charge < -0.3 is 9.64 Å². The molecule has 0 atom stereocenters. The van der Waals surface area contributed by atoms with Gasteiger partial charge in [-0.3, -0.25) is 19.7 Å². The number of nitrogens with one attached hydrogen (secondary N) is 1. The molecular formula is C20H23ClN6O3. The Balaban J connectivity index is 1.48. The van der Waals surface area contributed by atoms with Gasteiger partial charge in [0.15, 0.2) is 5.69 Å². The molecule has 5 rings (SSSR count). The predicted octanol–water partition coefficient (Wildman–Crippen LogP) is 2.04. The van der Waals surface area contributed by atoms with Crippen molar-refractivity contribution >= 4 is 29.2 Å². The Morgan fingerprint density at radius 1 is 1.07 bits per heavy atom. The fourth-order valence-corrected chi connectivity index (χ4v) is 4.36. The number of carbonyl (C=O) groups excluding carboxylic acids is 2. The lowest BCUT2D eigenvalue weighted by Crippen LogP contribution is -2.49. The van der Waals surface area contributed by atoms with E-state index in [1.54, 1.807) is 23.4 Å². The summed E-state index contributed by atoms with van der Waals surface area (Å²) in [5.74, 6) is -0.281. The predicted molar refractivity (Wildman–Crippen MR) is 111 cm³/mol. The molecule has 2 fully saturated rings. The molecule has 30 heavy (non-hydrogen) atoms. The molecule has 1 aromatic heterocycles. The lowest BCUT2D eigenvalue weighted by atomic mass is 10.1. The fraction of sp³-hybridized carbons (Fsp3) is 0.450. The number of rotatable bonds is 2. The number of benzene rings is 1. The third-order valence-electron chi connectivity index (χ3n) is 5.76. The van der Waals surface area contributed by atoms with Crippen molar-refractivity contribution in [3.63, 3.8) is 0 Å². The molecule has 3 aliphatic rings. The second kappa shape index (κ2) is 7.90. The quantitative estimate of drug-likeness (QED) is 0.788. The second-order valence-electron chi connectivity index (χ2n) is 7.65. The number of fused-ring (bicyclic) bond motifs is 3. The summed E-state index contributed by atoms with van der Waals surface area (Å²) in [7, 11) is 0. The Labute approximate surface area is 179 Å². The van der Waals surface area contributed by atoms with Crippen LogP contribution in [0.5, 0.6) is 0 Å². The number of urea groups is 1. The molecule has 2 saturated heterocycles. The molecule has 0 unspecified atom stereocenters. The van der Waals surface area contributed by atoms with E-state index in [0.29, 0.717) is 42.7 Å². The van der Waals surface area contributed by atoms with Gasteiger partial charge in [0.05, 0.1) is 36.8 Å². The van der Waals surface area contributed by atoms with E-state index in [2.05, 4.69) is 10.4 Å². The number of aromatic nitrogens is 2. The second-order valence-corrected chi connectivity index (χ2v) is 8.08. The van der Waals surface area contributed by atoms with Crippen LogP contribution >= 0.6 is 11.6 Å². The molecule has 0 saturated carbocycles. The van der Waals surface area contributed by atoms with Gasteiger partial charge in [-0.15, -0.1) is 0 Å². The minimum absolute atomic E-state index is 0.0667. The van der Waals surface area contributed by atoms with Crippen LogP contribution in [0.4, 0.5) is 10.5 Å². The number of hydrazine groups is 1. The van der Waals surface area contributed by atoms with Crippen LogP contribution in [0.15, 0.2) is 24.5 Å². The smallest absolute Gasteiger partial charge is 0.324 e. The van der Waals surface area contributed by atoms with Crippen molar-refractivity contribution < 1.29 is 14.3 Å². The molecule has 0 spiro atoms. The van der Waals surface area contributed by atoms with Crippen LogP contribution in [0.25, 0.3) is 5.69 Å². The first-order valence-electron chi connectivity index (χ1n) is 10.2. The average Bonchev–Trinajstić information content (AvgIpc) is 3.43. The molecule has 0 aliphatic carbocycles. The Morgan fingerprint density at radius 2 is 1.83 bits per heavy atom. The first-order chi connectivity index (χ1) is 14.6. The van der Waals surface area contributed by atoms with Gasteiger partial charge in [0.1, 0.15) is 6.33 Å². The molecule has 1 aromatic carbocycles. The van der Waals surface area contributed by atoms with Gasteiger partial charge >= 0.3 is 6.03 Å². The SMILES string of the molecule is O=C(NN1CCOCC1)c1ncn2c1CN(C(=O)N1CCCC1)c1cc(Cl)ccc1-2. The monoisotopic (exact) mass is 430 g/mol. The van der Waals surface area contributed by atoms with Crippen LogP contribution in [-0.2, 0) is 11.3 Å². The first-order valence-corrected chi connectivity index (χ1v) is 10.6. The van der Waals surface area contributed by atoms with Gasteiger partial charge in [0, 0.05) is 31.2 Å². The van der Waals surface area contributed by atoms with Gasteiger partial charge in [0.2, 0.25) is 0 Å². The maximum absolute atomic E-state index is 13.3. The minimum Gasteiger partial charge on any atom is -0.379 e.